The molecule has 1 aromatic rings. The van der Waals surface area contributed by atoms with E-state index in [2.05, 4.69) is 11.9 Å². The quantitative estimate of drug-likeness (QED) is 0.750. The van der Waals surface area contributed by atoms with E-state index in [1.54, 1.807) is 0 Å². The molecule has 0 aliphatic carbocycles. The number of ether oxygens (including phenoxy) is 1. The predicted molar refractivity (Wildman–Crippen MR) is 66.9 cm³/mol. The first kappa shape index (κ1) is 11.8. The van der Waals surface area contributed by atoms with Crippen LogP contribution in [0.15, 0.2) is 35.3 Å². The molecule has 0 saturated heterocycles. The third-order valence-electron chi connectivity index (χ3n) is 3.13. The Labute approximate surface area is 102 Å². The molecular weight excluding hydrogens is 214 g/mol. The number of cyclic esters (lactones) is 1. The van der Waals surface area contributed by atoms with E-state index in [1.807, 2.05) is 37.3 Å². The summed E-state index contributed by atoms with van der Waals surface area (Å²) in [5, 5.41) is 0. The Morgan fingerprint density at radius 1 is 1.18 bits per heavy atom. The second-order valence-electron chi connectivity index (χ2n) is 4.21. The largest absolute Gasteiger partial charge is 0.407 e. The van der Waals surface area contributed by atoms with Gasteiger partial charge in [-0.15, -0.1) is 0 Å². The summed E-state index contributed by atoms with van der Waals surface area (Å²) in [5.41, 5.74) is 0.869. The molecule has 2 unspecified atom stereocenters. The SMILES string of the molecule is CCC1N=C(c2ccccc2)OC(=O)C1CC. The molecule has 0 fully saturated rings. The van der Waals surface area contributed by atoms with Crippen molar-refractivity contribution in [1.29, 1.82) is 0 Å². The molecule has 0 spiro atoms. The van der Waals surface area contributed by atoms with E-state index in [1.165, 1.54) is 0 Å². The van der Waals surface area contributed by atoms with Crippen molar-refractivity contribution in [3.8, 4) is 0 Å². The van der Waals surface area contributed by atoms with Crippen molar-refractivity contribution in [3.63, 3.8) is 0 Å². The molecule has 0 saturated carbocycles. The zero-order valence-corrected chi connectivity index (χ0v) is 10.2. The summed E-state index contributed by atoms with van der Waals surface area (Å²) in [4.78, 5) is 16.4. The molecule has 3 heteroatoms. The molecule has 90 valence electrons. The number of hydrogen-bond donors (Lipinski definition) is 0. The highest BCUT2D eigenvalue weighted by Gasteiger charge is 2.32. The number of nitrogens with zero attached hydrogens (tertiary/aromatic N) is 1. The van der Waals surface area contributed by atoms with Crippen LogP contribution in [-0.2, 0) is 9.53 Å². The Balaban J connectivity index is 2.31. The molecule has 17 heavy (non-hydrogen) atoms. The summed E-state index contributed by atoms with van der Waals surface area (Å²) in [6.07, 6.45) is 1.65. The highest BCUT2D eigenvalue weighted by molar-refractivity contribution is 6.02. The number of benzene rings is 1. The molecule has 0 radical (unpaired) electrons. The van der Waals surface area contributed by atoms with Crippen LogP contribution in [0.5, 0.6) is 0 Å². The fourth-order valence-electron chi connectivity index (χ4n) is 2.12. The summed E-state index contributed by atoms with van der Waals surface area (Å²) in [7, 11) is 0. The van der Waals surface area contributed by atoms with Crippen molar-refractivity contribution < 1.29 is 9.53 Å². The monoisotopic (exact) mass is 231 g/mol. The average molecular weight is 231 g/mol. The van der Waals surface area contributed by atoms with E-state index in [0.717, 1.165) is 18.4 Å². The van der Waals surface area contributed by atoms with Crippen LogP contribution in [0, 0.1) is 5.92 Å². The maximum absolute atomic E-state index is 11.9. The van der Waals surface area contributed by atoms with Crippen molar-refractivity contribution in [2.24, 2.45) is 10.9 Å². The van der Waals surface area contributed by atoms with Gasteiger partial charge in [0.1, 0.15) is 0 Å². The smallest absolute Gasteiger partial charge is 0.317 e. The Morgan fingerprint density at radius 3 is 2.47 bits per heavy atom. The van der Waals surface area contributed by atoms with E-state index >= 15 is 0 Å². The van der Waals surface area contributed by atoms with Gasteiger partial charge in [-0.2, -0.15) is 0 Å². The van der Waals surface area contributed by atoms with Crippen LogP contribution in [0.2, 0.25) is 0 Å². The van der Waals surface area contributed by atoms with Crippen molar-refractivity contribution in [3.05, 3.63) is 35.9 Å². The summed E-state index contributed by atoms with van der Waals surface area (Å²) in [6, 6.07) is 9.63. The van der Waals surface area contributed by atoms with Crippen molar-refractivity contribution in [2.45, 2.75) is 32.7 Å². The predicted octanol–water partition coefficient (Wildman–Crippen LogP) is 2.79. The normalized spacial score (nSPS) is 24.1. The zero-order valence-electron chi connectivity index (χ0n) is 10.2. The number of esters is 1. The van der Waals surface area contributed by atoms with Gasteiger partial charge in [-0.3, -0.25) is 4.79 Å². The van der Waals surface area contributed by atoms with Crippen molar-refractivity contribution in [1.82, 2.24) is 0 Å². The number of rotatable bonds is 3. The fraction of sp³-hybridized carbons (Fsp3) is 0.429. The van der Waals surface area contributed by atoms with E-state index in [-0.39, 0.29) is 17.9 Å². The molecule has 1 aliphatic rings. The third-order valence-corrected chi connectivity index (χ3v) is 3.13. The topological polar surface area (TPSA) is 38.7 Å². The maximum atomic E-state index is 11.9. The minimum atomic E-state index is -0.145. The van der Waals surface area contributed by atoms with Gasteiger partial charge < -0.3 is 4.74 Å². The number of carbonyl (C=O) groups is 1. The minimum absolute atomic E-state index is 0.0523. The van der Waals surface area contributed by atoms with Crippen LogP contribution in [0.4, 0.5) is 0 Å². The van der Waals surface area contributed by atoms with Crippen LogP contribution in [0.3, 0.4) is 0 Å². The molecule has 2 rings (SSSR count). The minimum Gasteiger partial charge on any atom is -0.407 e. The molecular formula is C14H17NO2. The van der Waals surface area contributed by atoms with Crippen LogP contribution in [0.25, 0.3) is 0 Å². The van der Waals surface area contributed by atoms with E-state index in [0.29, 0.717) is 5.90 Å². The van der Waals surface area contributed by atoms with Gasteiger partial charge in [-0.1, -0.05) is 32.0 Å². The van der Waals surface area contributed by atoms with Crippen molar-refractivity contribution >= 4 is 11.9 Å². The molecule has 0 aromatic heterocycles. The van der Waals surface area contributed by atoms with Crippen LogP contribution >= 0.6 is 0 Å². The van der Waals surface area contributed by atoms with Gasteiger partial charge in [0.05, 0.1) is 12.0 Å². The van der Waals surface area contributed by atoms with Gasteiger partial charge in [0.25, 0.3) is 0 Å². The standard InChI is InChI=1S/C14H17NO2/c1-3-11-12(4-2)15-13(17-14(11)16)10-8-6-5-7-9-10/h5-9,11-12H,3-4H2,1-2H3. The first-order valence-electron chi connectivity index (χ1n) is 6.11. The second-order valence-corrected chi connectivity index (χ2v) is 4.21. The van der Waals surface area contributed by atoms with Gasteiger partial charge in [-0.25, -0.2) is 4.99 Å². The Kier molecular flexibility index (Phi) is 3.57. The van der Waals surface area contributed by atoms with Gasteiger partial charge in [0, 0.05) is 5.56 Å². The first-order valence-corrected chi connectivity index (χ1v) is 6.11. The zero-order chi connectivity index (χ0) is 12.3. The summed E-state index contributed by atoms with van der Waals surface area (Å²) >= 11 is 0. The molecule has 1 aliphatic heterocycles. The highest BCUT2D eigenvalue weighted by Crippen LogP contribution is 2.23. The summed E-state index contributed by atoms with van der Waals surface area (Å²) in [5.74, 6) is 0.229. The molecule has 1 heterocycles. The lowest BCUT2D eigenvalue weighted by Crippen LogP contribution is -2.35. The molecule has 3 nitrogen and oxygen atoms in total. The third kappa shape index (κ3) is 2.38. The number of carbonyl (C=O) groups excluding carboxylic acids is 1. The van der Waals surface area contributed by atoms with E-state index < -0.39 is 0 Å². The van der Waals surface area contributed by atoms with Crippen LogP contribution < -0.4 is 0 Å². The second kappa shape index (κ2) is 5.13. The molecule has 0 bridgehead atoms. The molecule has 2 atom stereocenters. The van der Waals surface area contributed by atoms with Crippen LogP contribution in [0.1, 0.15) is 32.3 Å². The Hall–Kier alpha value is -1.64. The van der Waals surface area contributed by atoms with E-state index in [9.17, 15) is 4.79 Å². The Bertz CT molecular complexity index is 425. The van der Waals surface area contributed by atoms with Crippen LogP contribution in [-0.4, -0.2) is 17.9 Å². The lowest BCUT2D eigenvalue weighted by Gasteiger charge is -2.26. The van der Waals surface area contributed by atoms with Gasteiger partial charge in [0.15, 0.2) is 0 Å². The maximum Gasteiger partial charge on any atom is 0.317 e. The van der Waals surface area contributed by atoms with Gasteiger partial charge in [-0.05, 0) is 25.0 Å². The number of hydrogen-bond acceptors (Lipinski definition) is 3. The fourth-order valence-corrected chi connectivity index (χ4v) is 2.12. The molecule has 0 amide bonds. The van der Waals surface area contributed by atoms with Crippen molar-refractivity contribution in [2.75, 3.05) is 0 Å². The summed E-state index contributed by atoms with van der Waals surface area (Å²) < 4.78 is 5.32. The first-order chi connectivity index (χ1) is 8.26. The lowest BCUT2D eigenvalue weighted by atomic mass is 9.94. The highest BCUT2D eigenvalue weighted by atomic mass is 16.5. The lowest BCUT2D eigenvalue weighted by molar-refractivity contribution is -0.142. The Morgan fingerprint density at radius 2 is 1.88 bits per heavy atom. The van der Waals surface area contributed by atoms with Gasteiger partial charge in [0.2, 0.25) is 5.90 Å². The summed E-state index contributed by atoms with van der Waals surface area (Å²) in [6.45, 7) is 4.05. The molecule has 0 N–H and O–H groups in total. The van der Waals surface area contributed by atoms with Gasteiger partial charge >= 0.3 is 5.97 Å². The average Bonchev–Trinajstić information content (AvgIpc) is 2.38. The molecule has 1 aromatic carbocycles. The van der Waals surface area contributed by atoms with E-state index in [4.69, 9.17) is 4.74 Å². The number of aliphatic imine (C=N–C) groups is 1.